The van der Waals surface area contributed by atoms with Gasteiger partial charge in [0.2, 0.25) is 5.95 Å². The number of aromatic nitrogens is 3. The number of pyridine rings is 1. The molecule has 14 heavy (non-hydrogen) atoms. The Morgan fingerprint density at radius 3 is 3.07 bits per heavy atom. The SMILES string of the molecule is Nc1nc2c(Br)ccc(CC=O)n2n1. The molecule has 0 aliphatic rings. The lowest BCUT2D eigenvalue weighted by Gasteiger charge is -2.00. The van der Waals surface area contributed by atoms with E-state index < -0.39 is 0 Å². The van der Waals surface area contributed by atoms with E-state index in [1.165, 1.54) is 0 Å². The van der Waals surface area contributed by atoms with Crippen LogP contribution in [0.3, 0.4) is 0 Å². The summed E-state index contributed by atoms with van der Waals surface area (Å²) in [6.45, 7) is 0. The Morgan fingerprint density at radius 2 is 2.36 bits per heavy atom. The fraction of sp³-hybridized carbons (Fsp3) is 0.125. The van der Waals surface area contributed by atoms with Crippen molar-refractivity contribution in [2.24, 2.45) is 0 Å². The van der Waals surface area contributed by atoms with Crippen LogP contribution in [0.1, 0.15) is 5.69 Å². The Labute approximate surface area is 88.1 Å². The first-order valence-electron chi connectivity index (χ1n) is 3.95. The topological polar surface area (TPSA) is 73.3 Å². The Kier molecular flexibility index (Phi) is 2.20. The number of hydrogen-bond acceptors (Lipinski definition) is 4. The molecule has 0 aliphatic heterocycles. The van der Waals surface area contributed by atoms with Crippen LogP contribution in [0.15, 0.2) is 16.6 Å². The molecule has 2 heterocycles. The zero-order valence-electron chi connectivity index (χ0n) is 7.14. The fourth-order valence-electron chi connectivity index (χ4n) is 1.24. The molecule has 72 valence electrons. The molecule has 6 heteroatoms. The summed E-state index contributed by atoms with van der Waals surface area (Å²) in [6, 6.07) is 3.63. The average Bonchev–Trinajstić information content (AvgIpc) is 2.53. The highest BCUT2D eigenvalue weighted by atomic mass is 79.9. The third-order valence-electron chi connectivity index (χ3n) is 1.82. The molecule has 0 spiro atoms. The van der Waals surface area contributed by atoms with E-state index >= 15 is 0 Å². The number of hydrogen-bond donors (Lipinski definition) is 1. The maximum absolute atomic E-state index is 10.4. The number of aldehydes is 1. The van der Waals surface area contributed by atoms with Crippen molar-refractivity contribution in [2.75, 3.05) is 5.73 Å². The highest BCUT2D eigenvalue weighted by Gasteiger charge is 2.07. The van der Waals surface area contributed by atoms with Crippen molar-refractivity contribution >= 4 is 33.8 Å². The molecule has 2 aromatic heterocycles. The molecular weight excluding hydrogens is 248 g/mol. The van der Waals surface area contributed by atoms with Gasteiger partial charge in [-0.3, -0.25) is 0 Å². The highest BCUT2D eigenvalue weighted by Crippen LogP contribution is 2.18. The monoisotopic (exact) mass is 254 g/mol. The summed E-state index contributed by atoms with van der Waals surface area (Å²) in [5, 5.41) is 3.99. The zero-order chi connectivity index (χ0) is 10.1. The summed E-state index contributed by atoms with van der Waals surface area (Å²) >= 11 is 3.33. The third kappa shape index (κ3) is 1.37. The van der Waals surface area contributed by atoms with E-state index in [1.54, 1.807) is 10.6 Å². The van der Waals surface area contributed by atoms with Crippen molar-refractivity contribution in [3.05, 3.63) is 22.3 Å². The second-order valence-corrected chi connectivity index (χ2v) is 3.60. The van der Waals surface area contributed by atoms with Crippen LogP contribution in [0.4, 0.5) is 5.95 Å². The number of rotatable bonds is 2. The third-order valence-corrected chi connectivity index (χ3v) is 2.44. The van der Waals surface area contributed by atoms with Gasteiger partial charge in [0.25, 0.3) is 0 Å². The predicted molar refractivity (Wildman–Crippen MR) is 54.9 cm³/mol. The molecule has 0 saturated heterocycles. The van der Waals surface area contributed by atoms with Gasteiger partial charge >= 0.3 is 0 Å². The number of carbonyl (C=O) groups is 1. The number of halogens is 1. The van der Waals surface area contributed by atoms with Crippen LogP contribution in [0.5, 0.6) is 0 Å². The summed E-state index contributed by atoms with van der Waals surface area (Å²) in [4.78, 5) is 14.4. The van der Waals surface area contributed by atoms with Crippen LogP contribution < -0.4 is 5.73 Å². The van der Waals surface area contributed by atoms with Crippen molar-refractivity contribution in [1.82, 2.24) is 14.6 Å². The molecule has 0 aliphatic carbocycles. The Hall–Kier alpha value is -1.43. The van der Waals surface area contributed by atoms with E-state index in [-0.39, 0.29) is 5.95 Å². The van der Waals surface area contributed by atoms with Crippen molar-refractivity contribution in [2.45, 2.75) is 6.42 Å². The van der Waals surface area contributed by atoms with Gasteiger partial charge in [0.05, 0.1) is 10.2 Å². The number of nitrogens with zero attached hydrogens (tertiary/aromatic N) is 3. The van der Waals surface area contributed by atoms with Gasteiger partial charge in [0, 0.05) is 6.42 Å². The highest BCUT2D eigenvalue weighted by molar-refractivity contribution is 9.10. The quantitative estimate of drug-likeness (QED) is 0.806. The molecule has 2 aromatic rings. The van der Waals surface area contributed by atoms with Crippen LogP contribution in [-0.4, -0.2) is 20.9 Å². The largest absolute Gasteiger partial charge is 0.366 e. The van der Waals surface area contributed by atoms with E-state index in [1.807, 2.05) is 6.07 Å². The van der Waals surface area contributed by atoms with Gasteiger partial charge in [0.15, 0.2) is 5.65 Å². The Bertz CT molecular complexity index is 493. The Balaban J connectivity index is 2.73. The maximum atomic E-state index is 10.4. The first kappa shape index (κ1) is 9.14. The smallest absolute Gasteiger partial charge is 0.240 e. The lowest BCUT2D eigenvalue weighted by Crippen LogP contribution is -2.00. The van der Waals surface area contributed by atoms with Crippen LogP contribution in [0, 0.1) is 0 Å². The van der Waals surface area contributed by atoms with Crippen molar-refractivity contribution < 1.29 is 4.79 Å². The van der Waals surface area contributed by atoms with Crippen LogP contribution in [0.2, 0.25) is 0 Å². The molecule has 0 unspecified atom stereocenters. The molecule has 0 aromatic carbocycles. The zero-order valence-corrected chi connectivity index (χ0v) is 8.73. The number of anilines is 1. The number of nitrogen functional groups attached to an aromatic ring is 1. The van der Waals surface area contributed by atoms with Gasteiger partial charge in [-0.05, 0) is 28.1 Å². The van der Waals surface area contributed by atoms with Crippen molar-refractivity contribution in [3.63, 3.8) is 0 Å². The van der Waals surface area contributed by atoms with E-state index in [4.69, 9.17) is 5.73 Å². The maximum Gasteiger partial charge on any atom is 0.240 e. The van der Waals surface area contributed by atoms with Gasteiger partial charge in [-0.25, -0.2) is 4.52 Å². The molecule has 0 atom stereocenters. The summed E-state index contributed by atoms with van der Waals surface area (Å²) in [7, 11) is 0. The van der Waals surface area contributed by atoms with E-state index in [9.17, 15) is 4.79 Å². The molecule has 5 nitrogen and oxygen atoms in total. The standard InChI is InChI=1S/C8H7BrN4O/c9-6-2-1-5(3-4-14)13-7(6)11-8(10)12-13/h1-2,4H,3H2,(H2,10,12). The molecule has 0 amide bonds. The summed E-state index contributed by atoms with van der Waals surface area (Å²) in [5.74, 6) is 0.198. The van der Waals surface area contributed by atoms with E-state index in [0.29, 0.717) is 12.1 Å². The normalized spacial score (nSPS) is 10.6. The second-order valence-electron chi connectivity index (χ2n) is 2.75. The predicted octanol–water partition coefficient (Wildman–Crippen LogP) is 0.815. The van der Waals surface area contributed by atoms with E-state index in [2.05, 4.69) is 26.0 Å². The lowest BCUT2D eigenvalue weighted by atomic mass is 10.3. The summed E-state index contributed by atoms with van der Waals surface area (Å²) in [6.07, 6.45) is 1.12. The van der Waals surface area contributed by atoms with Gasteiger partial charge in [-0.1, -0.05) is 0 Å². The minimum Gasteiger partial charge on any atom is -0.366 e. The second kappa shape index (κ2) is 3.38. The Morgan fingerprint density at radius 1 is 1.57 bits per heavy atom. The first-order chi connectivity index (χ1) is 6.72. The lowest BCUT2D eigenvalue weighted by molar-refractivity contribution is -0.107. The van der Waals surface area contributed by atoms with Gasteiger partial charge in [0.1, 0.15) is 6.29 Å². The summed E-state index contributed by atoms with van der Waals surface area (Å²) < 4.78 is 2.37. The molecule has 0 radical (unpaired) electrons. The van der Waals surface area contributed by atoms with Crippen LogP contribution in [-0.2, 0) is 11.2 Å². The van der Waals surface area contributed by atoms with Crippen LogP contribution in [0.25, 0.3) is 5.65 Å². The first-order valence-corrected chi connectivity index (χ1v) is 4.75. The minimum absolute atomic E-state index is 0.198. The minimum atomic E-state index is 0.198. The number of nitrogens with two attached hydrogens (primary N) is 1. The molecule has 2 rings (SSSR count). The summed E-state index contributed by atoms with van der Waals surface area (Å²) in [5.41, 5.74) is 6.87. The molecular formula is C8H7BrN4O. The van der Waals surface area contributed by atoms with Gasteiger partial charge < -0.3 is 10.5 Å². The van der Waals surface area contributed by atoms with Gasteiger partial charge in [-0.2, -0.15) is 4.98 Å². The number of fused-ring (bicyclic) bond motifs is 1. The number of carbonyl (C=O) groups excluding carboxylic acids is 1. The molecule has 0 fully saturated rings. The molecule has 0 bridgehead atoms. The van der Waals surface area contributed by atoms with Crippen LogP contribution >= 0.6 is 15.9 Å². The van der Waals surface area contributed by atoms with Crippen molar-refractivity contribution in [1.29, 1.82) is 0 Å². The fourth-order valence-corrected chi connectivity index (χ4v) is 1.63. The van der Waals surface area contributed by atoms with E-state index in [0.717, 1.165) is 16.5 Å². The molecule has 0 saturated carbocycles. The van der Waals surface area contributed by atoms with Crippen molar-refractivity contribution in [3.8, 4) is 0 Å². The average molecular weight is 255 g/mol. The van der Waals surface area contributed by atoms with Gasteiger partial charge in [-0.15, -0.1) is 5.10 Å². The molecule has 2 N–H and O–H groups in total.